The molecule has 1 aromatic rings. The van der Waals surface area contributed by atoms with Crippen LogP contribution in [0, 0.1) is 17.1 Å². The van der Waals surface area contributed by atoms with Crippen LogP contribution in [-0.2, 0) is 6.54 Å². The van der Waals surface area contributed by atoms with E-state index in [1.54, 1.807) is 13.1 Å². The Morgan fingerprint density at radius 2 is 2.21 bits per heavy atom. The molecular formula is C18H26FN5. The van der Waals surface area contributed by atoms with Crippen LogP contribution in [0.2, 0.25) is 0 Å². The molecule has 6 heteroatoms. The van der Waals surface area contributed by atoms with E-state index >= 15 is 0 Å². The minimum Gasteiger partial charge on any atom is -0.352 e. The number of benzene rings is 1. The maximum absolute atomic E-state index is 13.9. The largest absolute Gasteiger partial charge is 0.352 e. The average Bonchev–Trinajstić information content (AvgIpc) is 3.08. The molecule has 1 heterocycles. The van der Waals surface area contributed by atoms with Gasteiger partial charge in [-0.05, 0) is 37.7 Å². The molecule has 5 nitrogen and oxygen atoms in total. The Morgan fingerprint density at radius 3 is 2.83 bits per heavy atom. The summed E-state index contributed by atoms with van der Waals surface area (Å²) in [5.74, 6) is 0.478. The highest BCUT2D eigenvalue weighted by Gasteiger charge is 2.27. The van der Waals surface area contributed by atoms with Gasteiger partial charge in [-0.3, -0.25) is 9.89 Å². The van der Waals surface area contributed by atoms with E-state index in [9.17, 15) is 4.39 Å². The molecule has 0 bridgehead atoms. The lowest BCUT2D eigenvalue weighted by molar-refractivity contribution is 0.223. The normalized spacial score (nSPS) is 18.1. The van der Waals surface area contributed by atoms with Gasteiger partial charge in [0.25, 0.3) is 0 Å². The molecule has 1 aromatic carbocycles. The maximum Gasteiger partial charge on any atom is 0.193 e. The summed E-state index contributed by atoms with van der Waals surface area (Å²) in [5, 5.41) is 12.2. The minimum absolute atomic E-state index is 0.306. The zero-order valence-corrected chi connectivity index (χ0v) is 14.7. The second kappa shape index (κ2) is 8.65. The molecule has 0 radical (unpaired) electrons. The Balaban J connectivity index is 1.98. The van der Waals surface area contributed by atoms with Crippen LogP contribution in [0.4, 0.5) is 4.39 Å². The molecule has 1 saturated heterocycles. The van der Waals surface area contributed by atoms with Crippen LogP contribution >= 0.6 is 0 Å². The third kappa shape index (κ3) is 4.24. The van der Waals surface area contributed by atoms with Crippen molar-refractivity contribution in [1.29, 1.82) is 5.26 Å². The number of nitrogens with one attached hydrogen (secondary N) is 1. The molecule has 1 N–H and O–H groups in total. The molecule has 0 aromatic heterocycles. The fourth-order valence-corrected chi connectivity index (χ4v) is 3.26. The SMILES string of the molecule is CCN(CC)C1CCN(C(=NC)NCc2cc(C#N)ccc2F)C1. The summed E-state index contributed by atoms with van der Waals surface area (Å²) in [6, 6.07) is 6.99. The summed E-state index contributed by atoms with van der Waals surface area (Å²) in [4.78, 5) is 9.01. The zero-order valence-electron chi connectivity index (χ0n) is 14.7. The fraction of sp³-hybridized carbons (Fsp3) is 0.556. The van der Waals surface area contributed by atoms with E-state index in [1.807, 2.05) is 6.07 Å². The fourth-order valence-electron chi connectivity index (χ4n) is 3.26. The Bertz CT molecular complexity index is 618. The first kappa shape index (κ1) is 18.2. The van der Waals surface area contributed by atoms with E-state index in [0.29, 0.717) is 23.7 Å². The number of rotatable bonds is 5. The first-order chi connectivity index (χ1) is 11.6. The molecule has 2 rings (SSSR count). The number of nitrogens with zero attached hydrogens (tertiary/aromatic N) is 4. The predicted octanol–water partition coefficient (Wildman–Crippen LogP) is 2.19. The van der Waals surface area contributed by atoms with Crippen molar-refractivity contribution in [2.75, 3.05) is 33.2 Å². The molecule has 1 aliphatic heterocycles. The van der Waals surface area contributed by atoms with Gasteiger partial charge in [0.05, 0.1) is 11.6 Å². The van der Waals surface area contributed by atoms with Crippen molar-refractivity contribution in [2.24, 2.45) is 4.99 Å². The molecular weight excluding hydrogens is 305 g/mol. The minimum atomic E-state index is -0.306. The van der Waals surface area contributed by atoms with Crippen LogP contribution in [0.5, 0.6) is 0 Å². The summed E-state index contributed by atoms with van der Waals surface area (Å²) < 4.78 is 13.9. The van der Waals surface area contributed by atoms with Gasteiger partial charge in [-0.15, -0.1) is 0 Å². The van der Waals surface area contributed by atoms with Crippen molar-refractivity contribution < 1.29 is 4.39 Å². The summed E-state index contributed by atoms with van der Waals surface area (Å²) in [7, 11) is 1.75. The van der Waals surface area contributed by atoms with Crippen molar-refractivity contribution >= 4 is 5.96 Å². The number of likely N-dealkylation sites (tertiary alicyclic amines) is 1. The van der Waals surface area contributed by atoms with E-state index in [-0.39, 0.29) is 5.82 Å². The van der Waals surface area contributed by atoms with Crippen LogP contribution < -0.4 is 5.32 Å². The number of likely N-dealkylation sites (N-methyl/N-ethyl adjacent to an activating group) is 1. The van der Waals surface area contributed by atoms with E-state index in [1.165, 1.54) is 12.1 Å². The van der Waals surface area contributed by atoms with Crippen LogP contribution in [-0.4, -0.2) is 55.0 Å². The highest BCUT2D eigenvalue weighted by atomic mass is 19.1. The number of halogens is 1. The van der Waals surface area contributed by atoms with Gasteiger partial charge in [0.1, 0.15) is 5.82 Å². The molecule has 0 amide bonds. The van der Waals surface area contributed by atoms with Crippen LogP contribution in [0.1, 0.15) is 31.4 Å². The van der Waals surface area contributed by atoms with Crippen molar-refractivity contribution in [2.45, 2.75) is 32.9 Å². The number of hydrogen-bond donors (Lipinski definition) is 1. The lowest BCUT2D eigenvalue weighted by Gasteiger charge is -2.27. The molecule has 1 atom stereocenters. The molecule has 0 saturated carbocycles. The van der Waals surface area contributed by atoms with Gasteiger partial charge >= 0.3 is 0 Å². The molecule has 1 unspecified atom stereocenters. The number of nitriles is 1. The van der Waals surface area contributed by atoms with Crippen LogP contribution in [0.25, 0.3) is 0 Å². The van der Waals surface area contributed by atoms with Crippen molar-refractivity contribution in [3.8, 4) is 6.07 Å². The van der Waals surface area contributed by atoms with E-state index in [2.05, 4.69) is 34.0 Å². The van der Waals surface area contributed by atoms with Crippen LogP contribution in [0.15, 0.2) is 23.2 Å². The number of guanidine groups is 1. The van der Waals surface area contributed by atoms with Crippen molar-refractivity contribution in [3.05, 3.63) is 35.1 Å². The Labute approximate surface area is 143 Å². The molecule has 1 fully saturated rings. The molecule has 1 aliphatic rings. The molecule has 0 aliphatic carbocycles. The van der Waals surface area contributed by atoms with Gasteiger partial charge in [0.2, 0.25) is 0 Å². The highest BCUT2D eigenvalue weighted by molar-refractivity contribution is 5.80. The lowest BCUT2D eigenvalue weighted by Crippen LogP contribution is -2.43. The topological polar surface area (TPSA) is 54.7 Å². The Hall–Kier alpha value is -2.13. The van der Waals surface area contributed by atoms with Gasteiger partial charge in [-0.1, -0.05) is 13.8 Å². The quantitative estimate of drug-likeness (QED) is 0.664. The van der Waals surface area contributed by atoms with E-state index < -0.39 is 0 Å². The van der Waals surface area contributed by atoms with Gasteiger partial charge in [0, 0.05) is 38.3 Å². The van der Waals surface area contributed by atoms with Gasteiger partial charge in [-0.2, -0.15) is 5.26 Å². The van der Waals surface area contributed by atoms with Gasteiger partial charge in [-0.25, -0.2) is 4.39 Å². The predicted molar refractivity (Wildman–Crippen MR) is 94.2 cm³/mol. The molecule has 24 heavy (non-hydrogen) atoms. The summed E-state index contributed by atoms with van der Waals surface area (Å²) in [6.07, 6.45) is 1.11. The van der Waals surface area contributed by atoms with Gasteiger partial charge < -0.3 is 10.2 Å². The summed E-state index contributed by atoms with van der Waals surface area (Å²) in [5.41, 5.74) is 0.945. The summed E-state index contributed by atoms with van der Waals surface area (Å²) in [6.45, 7) is 8.67. The van der Waals surface area contributed by atoms with E-state index in [4.69, 9.17) is 5.26 Å². The molecule has 130 valence electrons. The van der Waals surface area contributed by atoms with Crippen LogP contribution in [0.3, 0.4) is 0 Å². The lowest BCUT2D eigenvalue weighted by atomic mass is 10.1. The second-order valence-corrected chi connectivity index (χ2v) is 5.93. The zero-order chi connectivity index (χ0) is 17.5. The van der Waals surface area contributed by atoms with E-state index in [0.717, 1.165) is 38.6 Å². The van der Waals surface area contributed by atoms with Crippen molar-refractivity contribution in [1.82, 2.24) is 15.1 Å². The third-order valence-corrected chi connectivity index (χ3v) is 4.62. The smallest absolute Gasteiger partial charge is 0.193 e. The maximum atomic E-state index is 13.9. The third-order valence-electron chi connectivity index (χ3n) is 4.62. The first-order valence-corrected chi connectivity index (χ1v) is 8.51. The monoisotopic (exact) mass is 331 g/mol. The number of hydrogen-bond acceptors (Lipinski definition) is 3. The second-order valence-electron chi connectivity index (χ2n) is 5.93. The Kier molecular flexibility index (Phi) is 6.56. The highest BCUT2D eigenvalue weighted by Crippen LogP contribution is 2.16. The standard InChI is InChI=1S/C18H26FN5/c1-4-23(5-2)16-8-9-24(13-16)18(21-3)22-12-15-10-14(11-20)6-7-17(15)19/h6-7,10,16H,4-5,8-9,12-13H2,1-3H3,(H,21,22). The van der Waals surface area contributed by atoms with Gasteiger partial charge in [0.15, 0.2) is 5.96 Å². The summed E-state index contributed by atoms with van der Waals surface area (Å²) >= 11 is 0. The molecule has 0 spiro atoms. The number of aliphatic imine (C=N–C) groups is 1. The Morgan fingerprint density at radius 1 is 1.46 bits per heavy atom. The first-order valence-electron chi connectivity index (χ1n) is 8.51. The average molecular weight is 331 g/mol. The van der Waals surface area contributed by atoms with Crippen molar-refractivity contribution in [3.63, 3.8) is 0 Å².